The van der Waals surface area contributed by atoms with Gasteiger partial charge in [-0.3, -0.25) is 14.1 Å². The summed E-state index contributed by atoms with van der Waals surface area (Å²) in [5, 5.41) is 0. The van der Waals surface area contributed by atoms with Crippen LogP contribution in [-0.2, 0) is 32.7 Å². The first-order valence-electron chi connectivity index (χ1n) is 0. The molecule has 0 bridgehead atoms. The molecule has 0 rings (SSSR count). The molecule has 0 aliphatic carbocycles. The van der Waals surface area contributed by atoms with E-state index in [0.29, 0.717) is 0 Å². The van der Waals surface area contributed by atoms with Gasteiger partial charge in [-0.05, 0) is 0 Å². The Morgan fingerprint density at radius 1 is 0.500 bits per heavy atom. The summed E-state index contributed by atoms with van der Waals surface area (Å²) in [5.41, 5.74) is 0. The molecule has 0 radical (unpaired) electrons. The molecule has 0 amide bonds. The summed E-state index contributed by atoms with van der Waals surface area (Å²) in [4.78, 5) is 0. The predicted molar refractivity (Wildman–Crippen MR) is 18.6 cm³/mol. The van der Waals surface area contributed by atoms with Crippen LogP contribution in [0.5, 0.6) is 0 Å². The van der Waals surface area contributed by atoms with Crippen molar-refractivity contribution in [2.75, 3.05) is 0 Å². The van der Waals surface area contributed by atoms with Crippen molar-refractivity contribution in [3.05, 3.63) is 0 Å². The number of rotatable bonds is 0. The van der Waals surface area contributed by atoms with Crippen molar-refractivity contribution in [1.82, 2.24) is 0 Å². The summed E-state index contributed by atoms with van der Waals surface area (Å²) in [6.45, 7) is 0. The zero-order valence-corrected chi connectivity index (χ0v) is 7.90. The van der Waals surface area contributed by atoms with Crippen LogP contribution in [0.3, 0.4) is 0 Å². The van der Waals surface area contributed by atoms with Crippen molar-refractivity contribution in [3.8, 4) is 0 Å². The molecular weight excluding hydrogens is 234 g/mol. The summed E-state index contributed by atoms with van der Waals surface area (Å²) in [5.74, 6) is 0. The number of hydrogen-bond acceptors (Lipinski definition) is 0. The van der Waals surface area contributed by atoms with Gasteiger partial charge in [-0.25, -0.2) is 0 Å². The zero-order chi connectivity index (χ0) is 0. The molecule has 8 heteroatoms. The average molecular weight is 240 g/mol. The van der Waals surface area contributed by atoms with Crippen LogP contribution in [0.4, 0.5) is 14.1 Å². The van der Waals surface area contributed by atoms with E-state index >= 15 is 0 Å². The van der Waals surface area contributed by atoms with Gasteiger partial charge in [0.25, 0.3) is 0 Å². The van der Waals surface area contributed by atoms with E-state index in [1.807, 2.05) is 0 Å². The predicted octanol–water partition coefficient (Wildman–Crippen LogP) is -8.47. The fourth-order valence-corrected chi connectivity index (χ4v) is 0. The van der Waals surface area contributed by atoms with Gasteiger partial charge in [0.15, 0.2) is 0 Å². The summed E-state index contributed by atoms with van der Waals surface area (Å²) in [6, 6.07) is 0. The summed E-state index contributed by atoms with van der Waals surface area (Å²) in [7, 11) is 0. The third-order valence-electron chi connectivity index (χ3n) is 0. The number of halogens is 6. The van der Waals surface area contributed by atoms with E-state index in [-0.39, 0.29) is 70.8 Å². The van der Waals surface area contributed by atoms with Crippen LogP contribution in [0.25, 0.3) is 0 Å². The first-order valence-corrected chi connectivity index (χ1v) is 0. The molecule has 1 atom stereocenters. The molecule has 56 valence electrons. The van der Waals surface area contributed by atoms with E-state index < -0.39 is 0 Å². The third-order valence-corrected chi connectivity index (χ3v) is 0. The van der Waals surface area contributed by atoms with Gasteiger partial charge in [0.2, 0.25) is 0 Å². The van der Waals surface area contributed by atoms with Gasteiger partial charge < -0.3 is 14.1 Å². The summed E-state index contributed by atoms with van der Waals surface area (Å²) in [6.07, 6.45) is 0. The molecule has 1 unspecified atom stereocenters. The molecule has 0 heterocycles. The second kappa shape index (κ2) is 331. The molecule has 0 fully saturated rings. The Hall–Kier alpha value is 1.11. The Morgan fingerprint density at radius 3 is 0.500 bits per heavy atom. The van der Waals surface area contributed by atoms with Crippen LogP contribution in [-0.4, -0.2) is 0 Å². The maximum absolute atomic E-state index is 0. The van der Waals surface area contributed by atoms with Crippen molar-refractivity contribution in [1.29, 1.82) is 0 Å². The Balaban J connectivity index is 0. The minimum Gasteiger partial charge on any atom is -1.00 e. The van der Waals surface area contributed by atoms with E-state index in [4.69, 9.17) is 0 Å². The minimum absolute atomic E-state index is 0. The molecule has 0 saturated heterocycles. The molecule has 0 aromatic heterocycles. The van der Waals surface area contributed by atoms with Crippen molar-refractivity contribution in [3.63, 3.8) is 0 Å². The molecule has 0 N–H and O–H groups in total. The molecule has 0 aromatic carbocycles. The quantitative estimate of drug-likeness (QED) is 0.291. The Bertz CT molecular complexity index is 8.49. The fourth-order valence-electron chi connectivity index (χ4n) is 0. The molecule has 0 nitrogen and oxygen atoms in total. The number of hydrogen-bond donors (Lipinski definition) is 0. The Kier molecular flexibility index (Phi) is 20000. The van der Waals surface area contributed by atoms with Gasteiger partial charge in [0, 0.05) is 0 Å². The first-order chi connectivity index (χ1) is 0. The zero-order valence-electron chi connectivity index (χ0n) is 3.64. The third kappa shape index (κ3) is 214. The monoisotopic (exact) mass is 240 g/mol. The SMILES string of the molecule is F.F.F.P.[F-].[F-].[F-].[Y+3]. The van der Waals surface area contributed by atoms with Gasteiger partial charge >= 0.3 is 32.7 Å². The van der Waals surface area contributed by atoms with E-state index in [1.54, 1.807) is 0 Å². The molecule has 0 spiro atoms. The molecule has 0 saturated carbocycles. The van der Waals surface area contributed by atoms with E-state index in [0.717, 1.165) is 0 Å². The second-order valence-corrected chi connectivity index (χ2v) is 0. The van der Waals surface area contributed by atoms with Crippen molar-refractivity contribution in [2.24, 2.45) is 0 Å². The van der Waals surface area contributed by atoms with Crippen LogP contribution in [0.15, 0.2) is 0 Å². The maximum atomic E-state index is 0. The molecule has 0 aromatic rings. The second-order valence-electron chi connectivity index (χ2n) is 0. The summed E-state index contributed by atoms with van der Waals surface area (Å²) >= 11 is 0. The van der Waals surface area contributed by atoms with E-state index in [2.05, 4.69) is 0 Å². The Labute approximate surface area is 70.9 Å². The van der Waals surface area contributed by atoms with Gasteiger partial charge in [-0.15, -0.1) is 0 Å². The van der Waals surface area contributed by atoms with E-state index in [1.165, 1.54) is 0 Å². The van der Waals surface area contributed by atoms with Crippen LogP contribution in [0.2, 0.25) is 0 Å². The smallest absolute Gasteiger partial charge is 1.00 e. The van der Waals surface area contributed by atoms with Crippen LogP contribution < -0.4 is 14.1 Å². The summed E-state index contributed by atoms with van der Waals surface area (Å²) < 4.78 is 0. The molecule has 0 aliphatic rings. The van der Waals surface area contributed by atoms with Crippen LogP contribution >= 0.6 is 9.90 Å². The van der Waals surface area contributed by atoms with Crippen LogP contribution in [0, 0.1) is 0 Å². The molecule has 0 aliphatic heterocycles. The van der Waals surface area contributed by atoms with Crippen molar-refractivity contribution < 1.29 is 60.9 Å². The van der Waals surface area contributed by atoms with Gasteiger partial charge in [-0.2, -0.15) is 9.90 Å². The van der Waals surface area contributed by atoms with Gasteiger partial charge in [0.05, 0.1) is 0 Å². The topological polar surface area (TPSA) is 0 Å². The molecule has 8 heavy (non-hydrogen) atoms. The van der Waals surface area contributed by atoms with Gasteiger partial charge in [-0.1, -0.05) is 0 Å². The molecular formula is H6F6PY. The van der Waals surface area contributed by atoms with Crippen molar-refractivity contribution >= 4 is 9.90 Å². The average Bonchev–Trinajstić information content (AvgIpc) is 0. The normalized spacial score (nSPS) is 0. The maximum Gasteiger partial charge on any atom is 3.00 e. The largest absolute Gasteiger partial charge is 3.00 e. The van der Waals surface area contributed by atoms with E-state index in [9.17, 15) is 0 Å². The van der Waals surface area contributed by atoms with Crippen LogP contribution in [0.1, 0.15) is 0 Å². The first kappa shape index (κ1) is 484. The Morgan fingerprint density at radius 2 is 0.500 bits per heavy atom. The standard InChI is InChI=1S/6FH.H3P.Y/h6*1H;1H3;/q;;;;;;;+3/p-3. The fraction of sp³-hybridized carbons (Fsp3) is 0. The minimum atomic E-state index is 0. The van der Waals surface area contributed by atoms with Crippen molar-refractivity contribution in [2.45, 2.75) is 0 Å². The van der Waals surface area contributed by atoms with Gasteiger partial charge in [0.1, 0.15) is 0 Å².